The Bertz CT molecular complexity index is 427. The number of hydrogen-bond acceptors (Lipinski definition) is 5. The molecule has 1 atom stereocenters. The Morgan fingerprint density at radius 3 is 2.60 bits per heavy atom. The fraction of sp³-hybridized carbons (Fsp3) is 0.100. The summed E-state index contributed by atoms with van der Waals surface area (Å²) in [5.74, 6) is 10.6. The molecule has 0 radical (unpaired) electrons. The van der Waals surface area contributed by atoms with Crippen LogP contribution in [0.25, 0.3) is 0 Å². The van der Waals surface area contributed by atoms with Crippen LogP contribution in [0.1, 0.15) is 22.0 Å². The first-order valence-electron chi connectivity index (χ1n) is 4.56. The maximum Gasteiger partial charge on any atom is 0.210 e. The summed E-state index contributed by atoms with van der Waals surface area (Å²) in [6.45, 7) is 0. The lowest BCUT2D eigenvalue weighted by molar-refractivity contribution is 0.102. The third-order valence-electron chi connectivity index (χ3n) is 2.45. The highest BCUT2D eigenvalue weighted by Crippen LogP contribution is 2.26. The lowest BCUT2D eigenvalue weighted by atomic mass is 9.90. The molecule has 1 unspecified atom stereocenters. The highest BCUT2D eigenvalue weighted by molar-refractivity contribution is 6.10. The molecule has 0 heterocycles. The Hall–Kier alpha value is -1.69. The standard InChI is InChI=1S/C10H12N4O/c11-13-8-5-9(14-12)10(15)7-4-2-1-3-6(7)8/h1-5,8,13-14H,11-12H2. The van der Waals surface area contributed by atoms with Gasteiger partial charge in [0.05, 0.1) is 11.7 Å². The van der Waals surface area contributed by atoms with E-state index in [-0.39, 0.29) is 11.8 Å². The molecule has 2 rings (SSSR count). The third-order valence-corrected chi connectivity index (χ3v) is 2.45. The molecule has 0 saturated carbocycles. The van der Waals surface area contributed by atoms with Crippen molar-refractivity contribution in [1.82, 2.24) is 10.9 Å². The number of benzene rings is 1. The van der Waals surface area contributed by atoms with Crippen LogP contribution in [-0.2, 0) is 0 Å². The Morgan fingerprint density at radius 2 is 1.93 bits per heavy atom. The summed E-state index contributed by atoms with van der Waals surface area (Å²) in [6, 6.07) is 7.10. The summed E-state index contributed by atoms with van der Waals surface area (Å²) in [7, 11) is 0. The van der Waals surface area contributed by atoms with Crippen molar-refractivity contribution in [2.24, 2.45) is 11.7 Å². The van der Waals surface area contributed by atoms with Crippen molar-refractivity contribution in [1.29, 1.82) is 0 Å². The number of fused-ring (bicyclic) bond motifs is 1. The average Bonchev–Trinajstić information content (AvgIpc) is 2.30. The first-order valence-corrected chi connectivity index (χ1v) is 4.56. The van der Waals surface area contributed by atoms with Crippen LogP contribution in [-0.4, -0.2) is 5.78 Å². The number of nitrogens with one attached hydrogen (secondary N) is 2. The van der Waals surface area contributed by atoms with Crippen molar-refractivity contribution < 1.29 is 4.79 Å². The van der Waals surface area contributed by atoms with Crippen LogP contribution in [0.5, 0.6) is 0 Å². The van der Waals surface area contributed by atoms with Crippen LogP contribution in [0.3, 0.4) is 0 Å². The number of carbonyl (C=O) groups excluding carboxylic acids is 1. The van der Waals surface area contributed by atoms with Gasteiger partial charge in [0.15, 0.2) is 0 Å². The van der Waals surface area contributed by atoms with Gasteiger partial charge in [-0.25, -0.2) is 5.43 Å². The van der Waals surface area contributed by atoms with E-state index in [1.54, 1.807) is 12.1 Å². The van der Waals surface area contributed by atoms with Gasteiger partial charge in [0.25, 0.3) is 0 Å². The zero-order chi connectivity index (χ0) is 10.8. The lowest BCUT2D eigenvalue weighted by Crippen LogP contribution is -2.36. The Balaban J connectivity index is 2.53. The Labute approximate surface area is 87.1 Å². The zero-order valence-corrected chi connectivity index (χ0v) is 8.03. The molecule has 0 amide bonds. The summed E-state index contributed by atoms with van der Waals surface area (Å²) in [6.07, 6.45) is 1.67. The molecular weight excluding hydrogens is 192 g/mol. The fourth-order valence-corrected chi connectivity index (χ4v) is 1.70. The van der Waals surface area contributed by atoms with Crippen molar-refractivity contribution in [2.75, 3.05) is 0 Å². The normalized spacial score (nSPS) is 19.5. The number of hydrogen-bond donors (Lipinski definition) is 4. The molecule has 1 aliphatic carbocycles. The van der Waals surface area contributed by atoms with E-state index in [1.165, 1.54) is 0 Å². The quantitative estimate of drug-likeness (QED) is 0.393. The lowest BCUT2D eigenvalue weighted by Gasteiger charge is -2.22. The smallest absolute Gasteiger partial charge is 0.210 e. The summed E-state index contributed by atoms with van der Waals surface area (Å²) in [5, 5.41) is 0. The Morgan fingerprint density at radius 1 is 1.20 bits per heavy atom. The van der Waals surface area contributed by atoms with Gasteiger partial charge in [-0.15, -0.1) is 0 Å². The molecule has 15 heavy (non-hydrogen) atoms. The van der Waals surface area contributed by atoms with Crippen LogP contribution >= 0.6 is 0 Å². The average molecular weight is 204 g/mol. The first-order chi connectivity index (χ1) is 7.27. The summed E-state index contributed by atoms with van der Waals surface area (Å²) < 4.78 is 0. The van der Waals surface area contributed by atoms with Gasteiger partial charge in [0, 0.05) is 5.56 Å². The second-order valence-corrected chi connectivity index (χ2v) is 3.29. The number of nitrogens with two attached hydrogens (primary N) is 2. The largest absolute Gasteiger partial charge is 0.321 e. The Kier molecular flexibility index (Phi) is 2.51. The number of ketones is 1. The van der Waals surface area contributed by atoms with Crippen molar-refractivity contribution in [3.63, 3.8) is 0 Å². The molecule has 0 aliphatic heterocycles. The minimum Gasteiger partial charge on any atom is -0.321 e. The van der Waals surface area contributed by atoms with E-state index in [9.17, 15) is 4.79 Å². The second kappa shape index (κ2) is 3.82. The van der Waals surface area contributed by atoms with Gasteiger partial charge in [0.2, 0.25) is 5.78 Å². The van der Waals surface area contributed by atoms with Crippen molar-refractivity contribution >= 4 is 5.78 Å². The van der Waals surface area contributed by atoms with Gasteiger partial charge < -0.3 is 5.43 Å². The van der Waals surface area contributed by atoms with Crippen LogP contribution in [0.2, 0.25) is 0 Å². The van der Waals surface area contributed by atoms with E-state index >= 15 is 0 Å². The molecule has 78 valence electrons. The van der Waals surface area contributed by atoms with Gasteiger partial charge in [-0.1, -0.05) is 24.3 Å². The number of rotatable bonds is 2. The molecule has 5 heteroatoms. The van der Waals surface area contributed by atoms with Gasteiger partial charge in [-0.3, -0.25) is 16.5 Å². The van der Waals surface area contributed by atoms with Gasteiger partial charge >= 0.3 is 0 Å². The molecule has 6 N–H and O–H groups in total. The number of Topliss-reactive ketones (excluding diaryl/α,β-unsaturated/α-hetero) is 1. The molecule has 0 aromatic heterocycles. The second-order valence-electron chi connectivity index (χ2n) is 3.29. The molecule has 0 spiro atoms. The van der Waals surface area contributed by atoms with Gasteiger partial charge in [-0.2, -0.15) is 0 Å². The topological polar surface area (TPSA) is 93.2 Å². The van der Waals surface area contributed by atoms with Gasteiger partial charge in [0.1, 0.15) is 0 Å². The number of hydrazine groups is 2. The third kappa shape index (κ3) is 1.52. The number of carbonyl (C=O) groups is 1. The van der Waals surface area contributed by atoms with Crippen molar-refractivity contribution in [3.05, 3.63) is 47.2 Å². The van der Waals surface area contributed by atoms with Crippen molar-refractivity contribution in [2.45, 2.75) is 6.04 Å². The highest BCUT2D eigenvalue weighted by atomic mass is 16.1. The monoisotopic (exact) mass is 204 g/mol. The molecule has 1 aromatic rings. The highest BCUT2D eigenvalue weighted by Gasteiger charge is 2.25. The molecule has 0 fully saturated rings. The molecule has 0 saturated heterocycles. The van der Waals surface area contributed by atoms with Crippen LogP contribution in [0.15, 0.2) is 36.0 Å². The minimum absolute atomic E-state index is 0.111. The fourth-order valence-electron chi connectivity index (χ4n) is 1.70. The summed E-state index contributed by atoms with van der Waals surface area (Å²) in [5.41, 5.74) is 6.84. The zero-order valence-electron chi connectivity index (χ0n) is 8.03. The molecular formula is C10H12N4O. The SMILES string of the molecule is NNC1=CC(NN)c2ccccc2C1=O. The summed E-state index contributed by atoms with van der Waals surface area (Å²) in [4.78, 5) is 11.8. The van der Waals surface area contributed by atoms with Gasteiger partial charge in [-0.05, 0) is 11.6 Å². The molecule has 1 aliphatic rings. The maximum absolute atomic E-state index is 11.8. The maximum atomic E-state index is 11.8. The van der Waals surface area contributed by atoms with Crippen LogP contribution in [0, 0.1) is 0 Å². The van der Waals surface area contributed by atoms with Crippen LogP contribution < -0.4 is 22.5 Å². The van der Waals surface area contributed by atoms with E-state index in [4.69, 9.17) is 11.7 Å². The predicted octanol–water partition coefficient (Wildman–Crippen LogP) is -0.265. The summed E-state index contributed by atoms with van der Waals surface area (Å²) >= 11 is 0. The van der Waals surface area contributed by atoms with E-state index in [0.717, 1.165) is 5.56 Å². The first kappa shape index (κ1) is 9.85. The molecule has 1 aromatic carbocycles. The number of allylic oxidation sites excluding steroid dienone is 1. The van der Waals surface area contributed by atoms with E-state index in [0.29, 0.717) is 11.3 Å². The van der Waals surface area contributed by atoms with Crippen LogP contribution in [0.4, 0.5) is 0 Å². The van der Waals surface area contributed by atoms with Crippen molar-refractivity contribution in [3.8, 4) is 0 Å². The minimum atomic E-state index is -0.190. The van der Waals surface area contributed by atoms with E-state index < -0.39 is 0 Å². The molecule has 5 nitrogen and oxygen atoms in total. The molecule has 0 bridgehead atoms. The van der Waals surface area contributed by atoms with E-state index in [1.807, 2.05) is 18.2 Å². The van der Waals surface area contributed by atoms with E-state index in [2.05, 4.69) is 10.9 Å². The predicted molar refractivity (Wildman–Crippen MR) is 56.2 cm³/mol.